The van der Waals surface area contributed by atoms with Gasteiger partial charge in [0, 0.05) is 30.2 Å². The standard InChI is InChI=1S/C27H29BrN2O3S/c1-29-27(32)25(16-20-7-4-3-5-8-20)30(17-22-9-6-10-24(15-22)33-2)26(31)19-34-18-21-11-13-23(28)14-12-21/h3-15,25H,16-19H2,1-2H3,(H,29,32)/t25-/m1/s1. The van der Waals surface area contributed by atoms with Gasteiger partial charge in [-0.3, -0.25) is 9.59 Å². The summed E-state index contributed by atoms with van der Waals surface area (Å²) in [7, 11) is 3.22. The summed E-state index contributed by atoms with van der Waals surface area (Å²) in [6.07, 6.45) is 0.438. The van der Waals surface area contributed by atoms with E-state index >= 15 is 0 Å². The van der Waals surface area contributed by atoms with E-state index in [9.17, 15) is 9.59 Å². The molecule has 1 atom stereocenters. The minimum absolute atomic E-state index is 0.0746. The van der Waals surface area contributed by atoms with Crippen molar-refractivity contribution >= 4 is 39.5 Å². The molecule has 0 unspecified atom stereocenters. The fraction of sp³-hybridized carbons (Fsp3) is 0.259. The molecule has 3 aromatic rings. The summed E-state index contributed by atoms with van der Waals surface area (Å²) in [5, 5.41) is 2.75. The van der Waals surface area contributed by atoms with Crippen molar-refractivity contribution in [3.63, 3.8) is 0 Å². The molecule has 0 fully saturated rings. The zero-order valence-corrected chi connectivity index (χ0v) is 21.8. The van der Waals surface area contributed by atoms with Gasteiger partial charge in [-0.2, -0.15) is 0 Å². The Kier molecular flexibility index (Phi) is 10.0. The highest BCUT2D eigenvalue weighted by molar-refractivity contribution is 9.10. The summed E-state index contributed by atoms with van der Waals surface area (Å²) < 4.78 is 6.38. The van der Waals surface area contributed by atoms with E-state index in [0.717, 1.165) is 26.9 Å². The third-order valence-corrected chi connectivity index (χ3v) is 6.93. The molecule has 0 aromatic heterocycles. The molecule has 0 aliphatic carbocycles. The number of carbonyl (C=O) groups excluding carboxylic acids is 2. The van der Waals surface area contributed by atoms with E-state index in [0.29, 0.717) is 18.7 Å². The summed E-state index contributed by atoms with van der Waals surface area (Å²) in [5.41, 5.74) is 3.06. The molecule has 3 rings (SSSR count). The van der Waals surface area contributed by atoms with Gasteiger partial charge in [-0.1, -0.05) is 70.5 Å². The van der Waals surface area contributed by atoms with Gasteiger partial charge in [-0.05, 0) is 41.0 Å². The smallest absolute Gasteiger partial charge is 0.242 e. The number of nitrogens with one attached hydrogen (secondary N) is 1. The summed E-state index contributed by atoms with van der Waals surface area (Å²) in [5.74, 6) is 1.46. The maximum absolute atomic E-state index is 13.5. The highest BCUT2D eigenvalue weighted by atomic mass is 79.9. The van der Waals surface area contributed by atoms with Crippen LogP contribution in [-0.4, -0.2) is 42.7 Å². The summed E-state index contributed by atoms with van der Waals surface area (Å²) in [6.45, 7) is 0.319. The highest BCUT2D eigenvalue weighted by Crippen LogP contribution is 2.21. The molecular formula is C27H29BrN2O3S. The van der Waals surface area contributed by atoms with Crippen LogP contribution in [0.15, 0.2) is 83.3 Å². The second-order valence-corrected chi connectivity index (χ2v) is 9.71. The van der Waals surface area contributed by atoms with Crippen LogP contribution in [0, 0.1) is 0 Å². The molecule has 1 N–H and O–H groups in total. The highest BCUT2D eigenvalue weighted by Gasteiger charge is 2.29. The Morgan fingerprint density at radius 2 is 1.68 bits per heavy atom. The zero-order valence-electron chi connectivity index (χ0n) is 19.4. The Bertz CT molecular complexity index is 1080. The molecule has 7 heteroatoms. The fourth-order valence-electron chi connectivity index (χ4n) is 3.61. The number of rotatable bonds is 11. The molecule has 0 bridgehead atoms. The van der Waals surface area contributed by atoms with Crippen molar-refractivity contribution in [3.8, 4) is 5.75 Å². The number of methoxy groups -OCH3 is 1. The summed E-state index contributed by atoms with van der Waals surface area (Å²) in [4.78, 5) is 28.1. The number of thioether (sulfide) groups is 1. The van der Waals surface area contributed by atoms with Crippen LogP contribution in [0.4, 0.5) is 0 Å². The van der Waals surface area contributed by atoms with Crippen LogP contribution in [0.25, 0.3) is 0 Å². The van der Waals surface area contributed by atoms with Gasteiger partial charge < -0.3 is 15.0 Å². The second-order valence-electron chi connectivity index (χ2n) is 7.81. The van der Waals surface area contributed by atoms with Crippen LogP contribution in [-0.2, 0) is 28.3 Å². The molecule has 34 heavy (non-hydrogen) atoms. The van der Waals surface area contributed by atoms with Crippen molar-refractivity contribution < 1.29 is 14.3 Å². The Balaban J connectivity index is 1.81. The SMILES string of the molecule is CNC(=O)[C@@H](Cc1ccccc1)N(Cc1cccc(OC)c1)C(=O)CSCc1ccc(Br)cc1. The molecule has 0 heterocycles. The Hall–Kier alpha value is -2.77. The fourth-order valence-corrected chi connectivity index (χ4v) is 4.74. The number of likely N-dealkylation sites (N-methyl/N-ethyl adjacent to an activating group) is 1. The van der Waals surface area contributed by atoms with Gasteiger partial charge >= 0.3 is 0 Å². The minimum Gasteiger partial charge on any atom is -0.497 e. The van der Waals surface area contributed by atoms with E-state index in [1.165, 1.54) is 0 Å². The molecule has 0 aliphatic rings. The third kappa shape index (κ3) is 7.64. The topological polar surface area (TPSA) is 58.6 Å². The van der Waals surface area contributed by atoms with Crippen LogP contribution in [0.2, 0.25) is 0 Å². The number of benzene rings is 3. The van der Waals surface area contributed by atoms with E-state index < -0.39 is 6.04 Å². The van der Waals surface area contributed by atoms with Crippen LogP contribution in [0.3, 0.4) is 0 Å². The van der Waals surface area contributed by atoms with Crippen molar-refractivity contribution in [1.29, 1.82) is 0 Å². The van der Waals surface area contributed by atoms with Gasteiger partial charge in [0.15, 0.2) is 0 Å². The van der Waals surface area contributed by atoms with Crippen molar-refractivity contribution in [2.24, 2.45) is 0 Å². The first-order chi connectivity index (χ1) is 16.5. The largest absolute Gasteiger partial charge is 0.497 e. The molecule has 0 saturated heterocycles. The van der Waals surface area contributed by atoms with Gasteiger partial charge in [0.1, 0.15) is 11.8 Å². The lowest BCUT2D eigenvalue weighted by atomic mass is 10.0. The molecular weight excluding hydrogens is 512 g/mol. The quantitative estimate of drug-likeness (QED) is 0.368. The number of halogens is 1. The van der Waals surface area contributed by atoms with E-state index in [-0.39, 0.29) is 17.6 Å². The van der Waals surface area contributed by atoms with Gasteiger partial charge in [0.25, 0.3) is 0 Å². The summed E-state index contributed by atoms with van der Waals surface area (Å²) >= 11 is 4.99. The molecule has 3 aromatic carbocycles. The van der Waals surface area contributed by atoms with Crippen molar-refractivity contribution in [3.05, 3.63) is 100 Å². The first-order valence-corrected chi connectivity index (χ1v) is 12.9. The molecule has 0 aliphatic heterocycles. The molecule has 2 amide bonds. The Labute approximate surface area is 214 Å². The first-order valence-electron chi connectivity index (χ1n) is 11.0. The van der Waals surface area contributed by atoms with Crippen molar-refractivity contribution in [2.75, 3.05) is 19.9 Å². The monoisotopic (exact) mass is 540 g/mol. The molecule has 0 saturated carbocycles. The van der Waals surface area contributed by atoms with Gasteiger partial charge in [-0.25, -0.2) is 0 Å². The minimum atomic E-state index is -0.626. The molecule has 5 nitrogen and oxygen atoms in total. The average molecular weight is 542 g/mol. The van der Waals surface area contributed by atoms with Crippen LogP contribution >= 0.6 is 27.7 Å². The average Bonchev–Trinajstić information content (AvgIpc) is 2.87. The third-order valence-electron chi connectivity index (χ3n) is 5.41. The number of ether oxygens (including phenoxy) is 1. The number of hydrogen-bond acceptors (Lipinski definition) is 4. The molecule has 0 spiro atoms. The predicted octanol–water partition coefficient (Wildman–Crippen LogP) is 5.08. The number of carbonyl (C=O) groups is 2. The van der Waals surface area contributed by atoms with Gasteiger partial charge in [-0.15, -0.1) is 11.8 Å². The maximum atomic E-state index is 13.5. The Morgan fingerprint density at radius 1 is 0.971 bits per heavy atom. The predicted molar refractivity (Wildman–Crippen MR) is 142 cm³/mol. The van der Waals surface area contributed by atoms with Gasteiger partial charge in [0.05, 0.1) is 12.9 Å². The lowest BCUT2D eigenvalue weighted by Crippen LogP contribution is -2.50. The lowest BCUT2D eigenvalue weighted by molar-refractivity contribution is -0.139. The van der Waals surface area contributed by atoms with Gasteiger partial charge in [0.2, 0.25) is 11.8 Å². The van der Waals surface area contributed by atoms with E-state index in [2.05, 4.69) is 21.2 Å². The van der Waals surface area contributed by atoms with E-state index in [1.807, 2.05) is 78.9 Å². The zero-order chi connectivity index (χ0) is 24.3. The lowest BCUT2D eigenvalue weighted by Gasteiger charge is -2.31. The summed E-state index contributed by atoms with van der Waals surface area (Å²) in [6, 6.07) is 24.8. The number of hydrogen-bond donors (Lipinski definition) is 1. The van der Waals surface area contributed by atoms with E-state index in [1.54, 1.807) is 30.8 Å². The molecule has 0 radical (unpaired) electrons. The maximum Gasteiger partial charge on any atom is 0.242 e. The van der Waals surface area contributed by atoms with Crippen LogP contribution < -0.4 is 10.1 Å². The van der Waals surface area contributed by atoms with Crippen LogP contribution in [0.5, 0.6) is 5.75 Å². The Morgan fingerprint density at radius 3 is 2.35 bits per heavy atom. The normalized spacial score (nSPS) is 11.5. The molecule has 178 valence electrons. The first kappa shape index (κ1) is 25.8. The van der Waals surface area contributed by atoms with Crippen molar-refractivity contribution in [2.45, 2.75) is 24.8 Å². The van der Waals surface area contributed by atoms with Crippen LogP contribution in [0.1, 0.15) is 16.7 Å². The number of nitrogens with zero attached hydrogens (tertiary/aromatic N) is 1. The van der Waals surface area contributed by atoms with E-state index in [4.69, 9.17) is 4.74 Å². The second kappa shape index (κ2) is 13.2. The number of amides is 2. The van der Waals surface area contributed by atoms with Crippen molar-refractivity contribution in [1.82, 2.24) is 10.2 Å².